The van der Waals surface area contributed by atoms with Crippen molar-refractivity contribution in [2.75, 3.05) is 9.74 Å². The second-order valence-electron chi connectivity index (χ2n) is 2.85. The first kappa shape index (κ1) is 10.5. The molecular formula is C10H12INO. The van der Waals surface area contributed by atoms with Gasteiger partial charge in [0.05, 0.1) is 0 Å². The van der Waals surface area contributed by atoms with E-state index in [4.69, 9.17) is 0 Å². The molecule has 3 heteroatoms. The molecule has 0 aliphatic rings. The van der Waals surface area contributed by atoms with Crippen molar-refractivity contribution in [3.63, 3.8) is 0 Å². The quantitative estimate of drug-likeness (QED) is 0.673. The molecule has 0 radical (unpaired) electrons. The van der Waals surface area contributed by atoms with Crippen molar-refractivity contribution in [3.05, 3.63) is 29.8 Å². The van der Waals surface area contributed by atoms with Crippen molar-refractivity contribution in [1.82, 2.24) is 0 Å². The zero-order valence-electron chi connectivity index (χ0n) is 7.51. The van der Waals surface area contributed by atoms with Crippen LogP contribution in [-0.2, 0) is 4.79 Å². The molecule has 0 fully saturated rings. The molecule has 13 heavy (non-hydrogen) atoms. The molecule has 70 valence electrons. The number of aryl methyl sites for hydroxylation is 1. The Hall–Kier alpha value is -0.580. The van der Waals surface area contributed by atoms with Gasteiger partial charge in [0.1, 0.15) is 0 Å². The van der Waals surface area contributed by atoms with Gasteiger partial charge in [0.2, 0.25) is 5.91 Å². The Bertz CT molecular complexity index is 281. The third-order valence-electron chi connectivity index (χ3n) is 1.66. The normalized spacial score (nSPS) is 9.69. The number of alkyl halides is 1. The number of halogens is 1. The Labute approximate surface area is 91.9 Å². The van der Waals surface area contributed by atoms with E-state index in [1.807, 2.05) is 31.2 Å². The minimum atomic E-state index is 0.0817. The lowest BCUT2D eigenvalue weighted by Gasteiger charge is -2.03. The fourth-order valence-electron chi connectivity index (χ4n) is 0.946. The maximum absolute atomic E-state index is 11.2. The van der Waals surface area contributed by atoms with Crippen molar-refractivity contribution in [2.45, 2.75) is 13.3 Å². The predicted molar refractivity (Wildman–Crippen MR) is 63.3 cm³/mol. The SMILES string of the molecule is Cc1ccc(NC(=O)CCI)cc1. The largest absolute Gasteiger partial charge is 0.326 e. The van der Waals surface area contributed by atoms with E-state index in [9.17, 15) is 4.79 Å². The van der Waals surface area contributed by atoms with Crippen molar-refractivity contribution in [1.29, 1.82) is 0 Å². The molecule has 0 atom stereocenters. The van der Waals surface area contributed by atoms with Gasteiger partial charge < -0.3 is 5.32 Å². The second-order valence-corrected chi connectivity index (χ2v) is 3.93. The van der Waals surface area contributed by atoms with E-state index in [1.54, 1.807) is 0 Å². The van der Waals surface area contributed by atoms with Crippen LogP contribution in [0.2, 0.25) is 0 Å². The average molecular weight is 289 g/mol. The third kappa shape index (κ3) is 3.76. The number of anilines is 1. The zero-order valence-corrected chi connectivity index (χ0v) is 9.67. The molecule has 0 aliphatic carbocycles. The minimum Gasteiger partial charge on any atom is -0.326 e. The molecule has 1 aromatic rings. The molecule has 0 saturated heterocycles. The number of nitrogens with one attached hydrogen (secondary N) is 1. The van der Waals surface area contributed by atoms with E-state index in [1.165, 1.54) is 5.56 Å². The molecule has 1 rings (SSSR count). The summed E-state index contributed by atoms with van der Waals surface area (Å²) in [6.45, 7) is 2.02. The van der Waals surface area contributed by atoms with Crippen LogP contribution in [0.15, 0.2) is 24.3 Å². The second kappa shape index (κ2) is 5.21. The van der Waals surface area contributed by atoms with Crippen LogP contribution in [0.4, 0.5) is 5.69 Å². The summed E-state index contributed by atoms with van der Waals surface area (Å²) in [4.78, 5) is 11.2. The Kier molecular flexibility index (Phi) is 4.21. The van der Waals surface area contributed by atoms with Gasteiger partial charge >= 0.3 is 0 Å². The lowest BCUT2D eigenvalue weighted by Crippen LogP contribution is -2.11. The van der Waals surface area contributed by atoms with Gasteiger partial charge in [-0.25, -0.2) is 0 Å². The van der Waals surface area contributed by atoms with Crippen molar-refractivity contribution in [2.24, 2.45) is 0 Å². The lowest BCUT2D eigenvalue weighted by molar-refractivity contribution is -0.115. The van der Waals surface area contributed by atoms with Gasteiger partial charge in [-0.1, -0.05) is 40.3 Å². The number of hydrogen-bond donors (Lipinski definition) is 1. The molecule has 1 N–H and O–H groups in total. The highest BCUT2D eigenvalue weighted by atomic mass is 127. The summed E-state index contributed by atoms with van der Waals surface area (Å²) in [5.74, 6) is 0.0817. The van der Waals surface area contributed by atoms with Crippen LogP contribution in [-0.4, -0.2) is 10.3 Å². The molecule has 0 aliphatic heterocycles. The van der Waals surface area contributed by atoms with E-state index >= 15 is 0 Å². The zero-order chi connectivity index (χ0) is 9.68. The summed E-state index contributed by atoms with van der Waals surface area (Å²) in [5.41, 5.74) is 2.08. The van der Waals surface area contributed by atoms with Crippen molar-refractivity contribution < 1.29 is 4.79 Å². The molecule has 1 amide bonds. The Balaban J connectivity index is 2.54. The molecule has 0 unspecified atom stereocenters. The highest BCUT2D eigenvalue weighted by Gasteiger charge is 1.99. The summed E-state index contributed by atoms with van der Waals surface area (Å²) in [6.07, 6.45) is 0.578. The van der Waals surface area contributed by atoms with Crippen molar-refractivity contribution >= 4 is 34.2 Å². The molecule has 0 spiro atoms. The van der Waals surface area contributed by atoms with Crippen LogP contribution in [0, 0.1) is 6.92 Å². The first-order valence-corrected chi connectivity index (χ1v) is 5.67. The van der Waals surface area contributed by atoms with E-state index < -0.39 is 0 Å². The van der Waals surface area contributed by atoms with Gasteiger partial charge in [-0.05, 0) is 19.1 Å². The summed E-state index contributed by atoms with van der Waals surface area (Å²) < 4.78 is 0.857. The van der Waals surface area contributed by atoms with Gasteiger partial charge in [0.25, 0.3) is 0 Å². The highest BCUT2D eigenvalue weighted by Crippen LogP contribution is 2.08. The topological polar surface area (TPSA) is 29.1 Å². The number of amides is 1. The van der Waals surface area contributed by atoms with E-state index in [0.717, 1.165) is 10.1 Å². The van der Waals surface area contributed by atoms with E-state index in [0.29, 0.717) is 6.42 Å². The van der Waals surface area contributed by atoms with Crippen LogP contribution in [0.3, 0.4) is 0 Å². The van der Waals surface area contributed by atoms with Crippen LogP contribution in [0.5, 0.6) is 0 Å². The van der Waals surface area contributed by atoms with Crippen LogP contribution < -0.4 is 5.32 Å². The Morgan fingerprint density at radius 2 is 2.00 bits per heavy atom. The van der Waals surface area contributed by atoms with Gasteiger partial charge in [0, 0.05) is 16.5 Å². The highest BCUT2D eigenvalue weighted by molar-refractivity contribution is 14.1. The molecule has 0 bridgehead atoms. The van der Waals surface area contributed by atoms with E-state index in [2.05, 4.69) is 27.9 Å². The van der Waals surface area contributed by atoms with Crippen LogP contribution >= 0.6 is 22.6 Å². The minimum absolute atomic E-state index is 0.0817. The summed E-state index contributed by atoms with van der Waals surface area (Å²) in [6, 6.07) is 7.81. The van der Waals surface area contributed by atoms with Gasteiger partial charge in [0.15, 0.2) is 0 Å². The number of carbonyl (C=O) groups excluding carboxylic acids is 1. The number of carbonyl (C=O) groups is 1. The van der Waals surface area contributed by atoms with Gasteiger partial charge in [-0.3, -0.25) is 4.79 Å². The number of rotatable bonds is 3. The molecule has 0 saturated carbocycles. The molecule has 1 aromatic carbocycles. The predicted octanol–water partition coefficient (Wildman–Crippen LogP) is 2.76. The summed E-state index contributed by atoms with van der Waals surface area (Å²) in [7, 11) is 0. The average Bonchev–Trinajstić information content (AvgIpc) is 2.09. The van der Waals surface area contributed by atoms with Crippen molar-refractivity contribution in [3.8, 4) is 0 Å². The summed E-state index contributed by atoms with van der Waals surface area (Å²) in [5, 5.41) is 2.83. The summed E-state index contributed by atoms with van der Waals surface area (Å²) >= 11 is 2.19. The molecule has 2 nitrogen and oxygen atoms in total. The van der Waals surface area contributed by atoms with Crippen LogP contribution in [0.1, 0.15) is 12.0 Å². The standard InChI is InChI=1S/C10H12INO/c1-8-2-4-9(5-3-8)12-10(13)6-7-11/h2-5H,6-7H2,1H3,(H,12,13). The fraction of sp³-hybridized carbons (Fsp3) is 0.300. The molecule has 0 heterocycles. The Morgan fingerprint density at radius 3 is 2.54 bits per heavy atom. The van der Waals surface area contributed by atoms with Crippen LogP contribution in [0.25, 0.3) is 0 Å². The molecular weight excluding hydrogens is 277 g/mol. The Morgan fingerprint density at radius 1 is 1.38 bits per heavy atom. The number of benzene rings is 1. The van der Waals surface area contributed by atoms with E-state index in [-0.39, 0.29) is 5.91 Å². The maximum atomic E-state index is 11.2. The monoisotopic (exact) mass is 289 g/mol. The third-order valence-corrected chi connectivity index (χ3v) is 2.20. The fourth-order valence-corrected chi connectivity index (χ4v) is 1.44. The maximum Gasteiger partial charge on any atom is 0.225 e. The number of hydrogen-bond acceptors (Lipinski definition) is 1. The van der Waals surface area contributed by atoms with Gasteiger partial charge in [-0.15, -0.1) is 0 Å². The first-order valence-electron chi connectivity index (χ1n) is 4.15. The molecule has 0 aromatic heterocycles. The smallest absolute Gasteiger partial charge is 0.225 e. The first-order chi connectivity index (χ1) is 6.22. The lowest BCUT2D eigenvalue weighted by atomic mass is 10.2. The van der Waals surface area contributed by atoms with Gasteiger partial charge in [-0.2, -0.15) is 0 Å².